The van der Waals surface area contributed by atoms with Gasteiger partial charge in [-0.2, -0.15) is 0 Å². The van der Waals surface area contributed by atoms with Crippen LogP contribution in [0.1, 0.15) is 5.56 Å². The van der Waals surface area contributed by atoms with Crippen LogP contribution in [0, 0.1) is 5.82 Å². The highest BCUT2D eigenvalue weighted by Gasteiger charge is 2.02. The lowest BCUT2D eigenvalue weighted by Gasteiger charge is -2.03. The first-order valence-corrected chi connectivity index (χ1v) is 3.82. The molecule has 4 heteroatoms. The quantitative estimate of drug-likeness (QED) is 0.425. The molecule has 1 rings (SSSR count). The molecular formula is C9H11FN2O. The molecule has 3 nitrogen and oxygen atoms in total. The Labute approximate surface area is 76.2 Å². The largest absolute Gasteiger partial charge is 0.480 e. The molecule has 0 aliphatic rings. The van der Waals surface area contributed by atoms with Gasteiger partial charge in [0.1, 0.15) is 5.82 Å². The van der Waals surface area contributed by atoms with Gasteiger partial charge >= 0.3 is 0 Å². The summed E-state index contributed by atoms with van der Waals surface area (Å²) in [5, 5.41) is 3.86. The molecule has 0 bridgehead atoms. The standard InChI is InChI=1S/C9H11FN2O/c1-11-12-9(13-2)7-3-5-8(10)6-4-7/h3-6,11H,1-2H3/b12-9-. The van der Waals surface area contributed by atoms with Gasteiger partial charge in [-0.15, -0.1) is 5.10 Å². The van der Waals surface area contributed by atoms with Crippen LogP contribution in [0.25, 0.3) is 0 Å². The van der Waals surface area contributed by atoms with Crippen LogP contribution in [0.5, 0.6) is 0 Å². The Bertz CT molecular complexity index is 295. The highest BCUT2D eigenvalue weighted by molar-refractivity contribution is 5.93. The van der Waals surface area contributed by atoms with Gasteiger partial charge in [-0.25, -0.2) is 4.39 Å². The molecule has 70 valence electrons. The van der Waals surface area contributed by atoms with Crippen molar-refractivity contribution in [2.45, 2.75) is 0 Å². The van der Waals surface area contributed by atoms with Gasteiger partial charge in [-0.05, 0) is 24.3 Å². The minimum atomic E-state index is -0.274. The van der Waals surface area contributed by atoms with Gasteiger partial charge in [0.2, 0.25) is 5.90 Å². The normalized spacial score (nSPS) is 11.2. The van der Waals surface area contributed by atoms with Crippen molar-refractivity contribution in [3.8, 4) is 0 Å². The third-order valence-electron chi connectivity index (χ3n) is 1.50. The first-order chi connectivity index (χ1) is 6.27. The molecule has 0 saturated carbocycles. The van der Waals surface area contributed by atoms with E-state index >= 15 is 0 Å². The Morgan fingerprint density at radius 1 is 1.38 bits per heavy atom. The SMILES string of the molecule is CN/N=C(\OC)c1ccc(F)cc1. The molecule has 0 saturated heterocycles. The van der Waals surface area contributed by atoms with Crippen molar-refractivity contribution in [1.82, 2.24) is 5.43 Å². The molecule has 0 unspecified atom stereocenters. The van der Waals surface area contributed by atoms with Crippen LogP contribution in [-0.2, 0) is 4.74 Å². The maximum atomic E-state index is 12.5. The lowest BCUT2D eigenvalue weighted by molar-refractivity contribution is 0.400. The molecule has 0 heterocycles. The maximum Gasteiger partial charge on any atom is 0.237 e. The maximum absolute atomic E-state index is 12.5. The first kappa shape index (κ1) is 9.51. The molecule has 0 amide bonds. The lowest BCUT2D eigenvalue weighted by atomic mass is 10.2. The van der Waals surface area contributed by atoms with E-state index in [-0.39, 0.29) is 5.82 Å². The van der Waals surface area contributed by atoms with Crippen LogP contribution in [-0.4, -0.2) is 20.1 Å². The van der Waals surface area contributed by atoms with E-state index in [4.69, 9.17) is 4.74 Å². The van der Waals surface area contributed by atoms with E-state index in [2.05, 4.69) is 10.5 Å². The minimum absolute atomic E-state index is 0.274. The van der Waals surface area contributed by atoms with Crippen molar-refractivity contribution in [3.63, 3.8) is 0 Å². The van der Waals surface area contributed by atoms with E-state index in [1.165, 1.54) is 19.2 Å². The zero-order valence-electron chi connectivity index (χ0n) is 7.54. The Morgan fingerprint density at radius 3 is 2.46 bits per heavy atom. The number of rotatable bonds is 2. The molecule has 1 aromatic carbocycles. The monoisotopic (exact) mass is 182 g/mol. The fraction of sp³-hybridized carbons (Fsp3) is 0.222. The topological polar surface area (TPSA) is 33.6 Å². The van der Waals surface area contributed by atoms with Crippen LogP contribution in [0.3, 0.4) is 0 Å². The van der Waals surface area contributed by atoms with E-state index < -0.39 is 0 Å². The summed E-state index contributed by atoms with van der Waals surface area (Å²) in [6.07, 6.45) is 0. The second-order valence-corrected chi connectivity index (χ2v) is 2.35. The van der Waals surface area contributed by atoms with Crippen molar-refractivity contribution in [2.24, 2.45) is 5.10 Å². The number of ether oxygens (including phenoxy) is 1. The van der Waals surface area contributed by atoms with Crippen molar-refractivity contribution >= 4 is 5.90 Å². The first-order valence-electron chi connectivity index (χ1n) is 3.82. The average molecular weight is 182 g/mol. The molecule has 0 aromatic heterocycles. The zero-order valence-corrected chi connectivity index (χ0v) is 7.54. The number of halogens is 1. The molecule has 0 fully saturated rings. The van der Waals surface area contributed by atoms with Gasteiger partial charge in [0.05, 0.1) is 7.11 Å². The van der Waals surface area contributed by atoms with E-state index in [0.717, 1.165) is 5.56 Å². The van der Waals surface area contributed by atoms with Crippen LogP contribution >= 0.6 is 0 Å². The molecule has 1 aromatic rings. The van der Waals surface area contributed by atoms with Gasteiger partial charge in [0, 0.05) is 12.6 Å². The fourth-order valence-electron chi connectivity index (χ4n) is 0.922. The van der Waals surface area contributed by atoms with Crippen LogP contribution in [0.2, 0.25) is 0 Å². The summed E-state index contributed by atoms with van der Waals surface area (Å²) in [6.45, 7) is 0. The number of nitrogens with zero attached hydrogens (tertiary/aromatic N) is 1. The predicted octanol–water partition coefficient (Wildman–Crippen LogP) is 1.35. The van der Waals surface area contributed by atoms with Crippen molar-refractivity contribution in [2.75, 3.05) is 14.2 Å². The van der Waals surface area contributed by atoms with Gasteiger partial charge < -0.3 is 10.2 Å². The fourth-order valence-corrected chi connectivity index (χ4v) is 0.922. The van der Waals surface area contributed by atoms with E-state index in [0.29, 0.717) is 5.90 Å². The molecule has 0 aliphatic carbocycles. The highest BCUT2D eigenvalue weighted by Crippen LogP contribution is 2.04. The van der Waals surface area contributed by atoms with Gasteiger partial charge in [0.25, 0.3) is 0 Å². The van der Waals surface area contributed by atoms with Gasteiger partial charge in [-0.3, -0.25) is 0 Å². The summed E-state index contributed by atoms with van der Waals surface area (Å²) in [5.41, 5.74) is 3.34. The third kappa shape index (κ3) is 2.43. The Hall–Kier alpha value is -1.58. The van der Waals surface area contributed by atoms with Crippen molar-refractivity contribution in [1.29, 1.82) is 0 Å². The van der Waals surface area contributed by atoms with Gasteiger partial charge in [-0.1, -0.05) is 0 Å². The zero-order chi connectivity index (χ0) is 9.68. The minimum Gasteiger partial charge on any atom is -0.480 e. The number of hydrogen-bond donors (Lipinski definition) is 1. The van der Waals surface area contributed by atoms with Crippen molar-refractivity contribution < 1.29 is 9.13 Å². The second-order valence-electron chi connectivity index (χ2n) is 2.35. The predicted molar refractivity (Wildman–Crippen MR) is 49.0 cm³/mol. The number of nitrogens with one attached hydrogen (secondary N) is 1. The Kier molecular flexibility index (Phi) is 3.25. The smallest absolute Gasteiger partial charge is 0.237 e. The summed E-state index contributed by atoms with van der Waals surface area (Å²) in [4.78, 5) is 0. The Morgan fingerprint density at radius 2 is 2.00 bits per heavy atom. The molecular weight excluding hydrogens is 171 g/mol. The molecule has 1 N–H and O–H groups in total. The van der Waals surface area contributed by atoms with E-state index in [1.54, 1.807) is 19.2 Å². The lowest BCUT2D eigenvalue weighted by Crippen LogP contribution is -2.09. The summed E-state index contributed by atoms with van der Waals surface area (Å²) >= 11 is 0. The van der Waals surface area contributed by atoms with Gasteiger partial charge in [0.15, 0.2) is 0 Å². The summed E-state index contributed by atoms with van der Waals surface area (Å²) in [7, 11) is 3.18. The van der Waals surface area contributed by atoms with E-state index in [1.807, 2.05) is 0 Å². The Balaban J connectivity index is 2.92. The third-order valence-corrected chi connectivity index (χ3v) is 1.50. The molecule has 13 heavy (non-hydrogen) atoms. The van der Waals surface area contributed by atoms with Crippen LogP contribution in [0.4, 0.5) is 4.39 Å². The average Bonchev–Trinajstić information content (AvgIpc) is 2.16. The van der Waals surface area contributed by atoms with Crippen molar-refractivity contribution in [3.05, 3.63) is 35.6 Å². The number of benzene rings is 1. The molecule has 0 atom stereocenters. The highest BCUT2D eigenvalue weighted by atomic mass is 19.1. The molecule has 0 spiro atoms. The van der Waals surface area contributed by atoms with E-state index in [9.17, 15) is 4.39 Å². The molecule has 0 radical (unpaired) electrons. The summed E-state index contributed by atoms with van der Waals surface area (Å²) < 4.78 is 17.5. The van der Waals surface area contributed by atoms with Crippen LogP contribution < -0.4 is 5.43 Å². The molecule has 0 aliphatic heterocycles. The van der Waals surface area contributed by atoms with Crippen LogP contribution in [0.15, 0.2) is 29.4 Å². The second kappa shape index (κ2) is 4.45. The summed E-state index contributed by atoms with van der Waals surface area (Å²) in [5.74, 6) is 0.158. The summed E-state index contributed by atoms with van der Waals surface area (Å²) in [6, 6.07) is 5.93. The number of hydrogen-bond acceptors (Lipinski definition) is 3. The number of methoxy groups -OCH3 is 1. The number of hydrazone groups is 1.